The van der Waals surface area contributed by atoms with Gasteiger partial charge in [-0.25, -0.2) is 0 Å². The molecule has 0 aliphatic heterocycles. The molecule has 4 nitrogen and oxygen atoms in total. The number of nitro benzene ring substituents is 1. The normalized spacial score (nSPS) is 10.3. The summed E-state index contributed by atoms with van der Waals surface area (Å²) in [6, 6.07) is 9.21. The molecule has 1 N–H and O–H groups in total. The number of nitrogens with one attached hydrogen (secondary N) is 1. The van der Waals surface area contributed by atoms with Crippen molar-refractivity contribution in [3.8, 4) is 0 Å². The summed E-state index contributed by atoms with van der Waals surface area (Å²) in [5.74, 6) is 0. The number of hydrogen-bond acceptors (Lipinski definition) is 4. The minimum Gasteiger partial charge on any atom is -0.326 e. The summed E-state index contributed by atoms with van der Waals surface area (Å²) in [5.41, 5.74) is 0.728. The Morgan fingerprint density at radius 2 is 1.60 bits per heavy atom. The van der Waals surface area contributed by atoms with E-state index in [-0.39, 0.29) is 5.69 Å². The van der Waals surface area contributed by atoms with Crippen LogP contribution < -0.4 is 4.72 Å². The largest absolute Gasteiger partial charge is 0.326 e. The molecule has 0 spiro atoms. The summed E-state index contributed by atoms with van der Waals surface area (Å²) in [6.07, 6.45) is 0. The van der Waals surface area contributed by atoms with Crippen LogP contribution in [0.15, 0.2) is 41.3 Å². The van der Waals surface area contributed by atoms with Gasteiger partial charge in [0.25, 0.3) is 5.69 Å². The van der Waals surface area contributed by atoms with Gasteiger partial charge < -0.3 is 4.72 Å². The van der Waals surface area contributed by atoms with Gasteiger partial charge >= 0.3 is 0 Å². The fourth-order valence-corrected chi connectivity index (χ4v) is 3.10. The lowest BCUT2D eigenvalue weighted by molar-refractivity contribution is -0.384. The zero-order chi connectivity index (χ0) is 14.7. The first-order valence-corrected chi connectivity index (χ1v) is 7.24. The van der Waals surface area contributed by atoms with Crippen molar-refractivity contribution in [1.82, 2.24) is 0 Å². The van der Waals surface area contributed by atoms with Gasteiger partial charge in [-0.1, -0.05) is 34.8 Å². The summed E-state index contributed by atoms with van der Waals surface area (Å²) < 4.78 is 3.01. The minimum atomic E-state index is -0.455. The van der Waals surface area contributed by atoms with Crippen LogP contribution >= 0.6 is 46.8 Å². The smallest absolute Gasteiger partial charge is 0.269 e. The number of benzene rings is 2. The maximum Gasteiger partial charge on any atom is 0.269 e. The molecule has 0 saturated carbocycles. The lowest BCUT2D eigenvalue weighted by Gasteiger charge is -2.09. The molecule has 0 aliphatic rings. The zero-order valence-electron chi connectivity index (χ0n) is 9.77. The molecule has 2 aromatic carbocycles. The SMILES string of the molecule is O=[N+]([O-])c1ccc(NSc2c(Cl)cc(Cl)cc2Cl)cc1. The number of anilines is 1. The van der Waals surface area contributed by atoms with Gasteiger partial charge in [0.15, 0.2) is 0 Å². The van der Waals surface area contributed by atoms with Gasteiger partial charge in [0.05, 0.1) is 19.9 Å². The number of rotatable bonds is 4. The molecular weight excluding hydrogens is 343 g/mol. The highest BCUT2D eigenvalue weighted by Crippen LogP contribution is 2.37. The lowest BCUT2D eigenvalue weighted by Crippen LogP contribution is -1.90. The van der Waals surface area contributed by atoms with Crippen LogP contribution in [-0.2, 0) is 0 Å². The summed E-state index contributed by atoms with van der Waals surface area (Å²) in [4.78, 5) is 10.7. The van der Waals surface area contributed by atoms with E-state index in [0.717, 1.165) is 0 Å². The Morgan fingerprint density at radius 1 is 1.05 bits per heavy atom. The van der Waals surface area contributed by atoms with Crippen LogP contribution in [0.2, 0.25) is 15.1 Å². The monoisotopic (exact) mass is 348 g/mol. The van der Waals surface area contributed by atoms with Crippen molar-refractivity contribution >= 4 is 58.1 Å². The molecule has 2 aromatic rings. The van der Waals surface area contributed by atoms with Gasteiger partial charge in [-0.15, -0.1) is 0 Å². The second-order valence-corrected chi connectivity index (χ2v) is 5.77. The van der Waals surface area contributed by atoms with E-state index in [1.165, 1.54) is 24.1 Å². The molecule has 0 unspecified atom stereocenters. The molecule has 8 heteroatoms. The van der Waals surface area contributed by atoms with E-state index in [1.54, 1.807) is 24.3 Å². The van der Waals surface area contributed by atoms with Crippen molar-refractivity contribution in [1.29, 1.82) is 0 Å². The summed E-state index contributed by atoms with van der Waals surface area (Å²) >= 11 is 19.1. The average Bonchev–Trinajstić information content (AvgIpc) is 2.38. The fraction of sp³-hybridized carbons (Fsp3) is 0. The molecule has 0 fully saturated rings. The van der Waals surface area contributed by atoms with Crippen LogP contribution in [0, 0.1) is 10.1 Å². The van der Waals surface area contributed by atoms with Crippen LogP contribution in [0.5, 0.6) is 0 Å². The molecule has 0 aromatic heterocycles. The summed E-state index contributed by atoms with van der Waals surface area (Å²) in [7, 11) is 0. The van der Waals surface area contributed by atoms with Gasteiger partial charge in [-0.05, 0) is 36.2 Å². The number of nitrogens with zero attached hydrogens (tertiary/aromatic N) is 1. The van der Waals surface area contributed by atoms with E-state index in [1.807, 2.05) is 0 Å². The van der Waals surface area contributed by atoms with E-state index >= 15 is 0 Å². The highest BCUT2D eigenvalue weighted by atomic mass is 35.5. The van der Waals surface area contributed by atoms with Crippen molar-refractivity contribution in [3.05, 3.63) is 61.6 Å². The van der Waals surface area contributed by atoms with Gasteiger partial charge in [0.1, 0.15) is 0 Å². The third-order valence-corrected chi connectivity index (χ3v) is 4.33. The van der Waals surface area contributed by atoms with Crippen molar-refractivity contribution in [3.63, 3.8) is 0 Å². The third-order valence-electron chi connectivity index (χ3n) is 2.31. The fourth-order valence-electron chi connectivity index (χ4n) is 1.39. The topological polar surface area (TPSA) is 55.2 Å². The average molecular weight is 350 g/mol. The first-order valence-electron chi connectivity index (χ1n) is 5.29. The Hall–Kier alpha value is -1.14. The highest BCUT2D eigenvalue weighted by Gasteiger charge is 2.09. The predicted molar refractivity (Wildman–Crippen MR) is 84.0 cm³/mol. The Labute approximate surface area is 134 Å². The second-order valence-electron chi connectivity index (χ2n) is 3.71. The van der Waals surface area contributed by atoms with Gasteiger partial charge in [-0.3, -0.25) is 10.1 Å². The molecule has 0 radical (unpaired) electrons. The van der Waals surface area contributed by atoms with Crippen LogP contribution in [0.4, 0.5) is 11.4 Å². The number of non-ortho nitro benzene ring substituents is 1. The second kappa shape index (κ2) is 6.54. The molecule has 2 rings (SSSR count). The number of nitro groups is 1. The van der Waals surface area contributed by atoms with Crippen molar-refractivity contribution < 1.29 is 4.92 Å². The first-order chi connectivity index (χ1) is 9.47. The van der Waals surface area contributed by atoms with Crippen LogP contribution in [0.1, 0.15) is 0 Å². The van der Waals surface area contributed by atoms with Crippen LogP contribution in [0.3, 0.4) is 0 Å². The molecule has 0 amide bonds. The van der Waals surface area contributed by atoms with Crippen LogP contribution in [-0.4, -0.2) is 4.92 Å². The van der Waals surface area contributed by atoms with Crippen LogP contribution in [0.25, 0.3) is 0 Å². The van der Waals surface area contributed by atoms with Gasteiger partial charge in [-0.2, -0.15) is 0 Å². The molecule has 0 aliphatic carbocycles. The van der Waals surface area contributed by atoms with Crippen molar-refractivity contribution in [2.45, 2.75) is 4.90 Å². The van der Waals surface area contributed by atoms with E-state index in [9.17, 15) is 10.1 Å². The molecule has 0 atom stereocenters. The molecule has 20 heavy (non-hydrogen) atoms. The number of halogens is 3. The van der Waals surface area contributed by atoms with E-state index < -0.39 is 4.92 Å². The van der Waals surface area contributed by atoms with Gasteiger partial charge in [0.2, 0.25) is 0 Å². The van der Waals surface area contributed by atoms with Crippen molar-refractivity contribution in [2.75, 3.05) is 4.72 Å². The maximum atomic E-state index is 10.5. The quantitative estimate of drug-likeness (QED) is 0.438. The molecule has 104 valence electrons. The number of hydrogen-bond donors (Lipinski definition) is 1. The molecular formula is C12H7Cl3N2O2S. The predicted octanol–water partition coefficient (Wildman–Crippen LogP) is 5.67. The molecule has 0 saturated heterocycles. The summed E-state index contributed by atoms with van der Waals surface area (Å²) in [5, 5.41) is 11.9. The molecule has 0 heterocycles. The van der Waals surface area contributed by atoms with Crippen molar-refractivity contribution in [2.24, 2.45) is 0 Å². The molecule has 0 bridgehead atoms. The van der Waals surface area contributed by atoms with E-state index in [2.05, 4.69) is 4.72 Å². The summed E-state index contributed by atoms with van der Waals surface area (Å²) in [6.45, 7) is 0. The lowest BCUT2D eigenvalue weighted by atomic mass is 10.3. The maximum absolute atomic E-state index is 10.5. The standard InChI is InChI=1S/C12H7Cl3N2O2S/c13-7-5-10(14)12(11(15)6-7)20-16-8-1-3-9(4-2-8)17(18)19/h1-6,16H. The Balaban J connectivity index is 2.11. The Morgan fingerprint density at radius 3 is 2.10 bits per heavy atom. The zero-order valence-corrected chi connectivity index (χ0v) is 12.9. The van der Waals surface area contributed by atoms with Gasteiger partial charge in [0, 0.05) is 22.8 Å². The highest BCUT2D eigenvalue weighted by molar-refractivity contribution is 8.00. The minimum absolute atomic E-state index is 0.0307. The third kappa shape index (κ3) is 3.70. The Kier molecular flexibility index (Phi) is 4.99. The van der Waals surface area contributed by atoms with E-state index in [0.29, 0.717) is 25.7 Å². The Bertz CT molecular complexity index is 627. The first kappa shape index (κ1) is 15.3. The van der Waals surface area contributed by atoms with E-state index in [4.69, 9.17) is 34.8 Å².